The molecule has 1 N–H and O–H groups in total. The van der Waals surface area contributed by atoms with Crippen LogP contribution in [0.25, 0.3) is 0 Å². The van der Waals surface area contributed by atoms with Crippen molar-refractivity contribution in [3.05, 3.63) is 32.8 Å². The van der Waals surface area contributed by atoms with Gasteiger partial charge in [0.15, 0.2) is 0 Å². The van der Waals surface area contributed by atoms with Crippen molar-refractivity contribution in [3.8, 4) is 0 Å². The minimum absolute atomic E-state index is 0.0302. The molecule has 0 amide bonds. The standard InChI is InChI=1S/C13H17BrN2O4/c1-13(2,3)20-12(17)6-7-15-10-8-9(14)4-5-11(10)16(18)19/h4-5,8,15H,6-7H2,1-3H3. The topological polar surface area (TPSA) is 81.5 Å². The highest BCUT2D eigenvalue weighted by molar-refractivity contribution is 9.10. The molecule has 0 aliphatic heterocycles. The van der Waals surface area contributed by atoms with E-state index in [9.17, 15) is 14.9 Å². The van der Waals surface area contributed by atoms with Gasteiger partial charge < -0.3 is 10.1 Å². The second-order valence-corrected chi connectivity index (χ2v) is 6.10. The van der Waals surface area contributed by atoms with E-state index in [0.29, 0.717) is 5.69 Å². The number of carbonyl (C=O) groups is 1. The first-order valence-corrected chi connectivity index (χ1v) is 6.88. The smallest absolute Gasteiger partial charge is 0.308 e. The molecule has 0 bridgehead atoms. The van der Waals surface area contributed by atoms with Crippen LogP contribution in [0.15, 0.2) is 22.7 Å². The zero-order chi connectivity index (χ0) is 15.3. The molecule has 20 heavy (non-hydrogen) atoms. The zero-order valence-corrected chi connectivity index (χ0v) is 13.2. The van der Waals surface area contributed by atoms with Crippen molar-refractivity contribution >= 4 is 33.3 Å². The van der Waals surface area contributed by atoms with Crippen molar-refractivity contribution in [2.75, 3.05) is 11.9 Å². The van der Waals surface area contributed by atoms with Gasteiger partial charge >= 0.3 is 5.97 Å². The molecule has 6 nitrogen and oxygen atoms in total. The van der Waals surface area contributed by atoms with Gasteiger partial charge in [-0.2, -0.15) is 0 Å². The van der Waals surface area contributed by atoms with Gasteiger partial charge in [-0.3, -0.25) is 14.9 Å². The lowest BCUT2D eigenvalue weighted by atomic mass is 10.2. The quantitative estimate of drug-likeness (QED) is 0.502. The molecule has 0 aliphatic rings. The van der Waals surface area contributed by atoms with Gasteiger partial charge in [0, 0.05) is 17.1 Å². The molecule has 0 unspecified atom stereocenters. The number of nitrogens with zero attached hydrogens (tertiary/aromatic N) is 1. The molecular formula is C13H17BrN2O4. The van der Waals surface area contributed by atoms with E-state index in [0.717, 1.165) is 4.47 Å². The normalized spacial score (nSPS) is 11.0. The highest BCUT2D eigenvalue weighted by Gasteiger charge is 2.17. The number of ether oxygens (including phenoxy) is 1. The third-order valence-electron chi connectivity index (χ3n) is 2.22. The number of rotatable bonds is 5. The maximum atomic E-state index is 11.5. The largest absolute Gasteiger partial charge is 0.460 e. The number of nitrogens with one attached hydrogen (secondary N) is 1. The van der Waals surface area contributed by atoms with Crippen LogP contribution < -0.4 is 5.32 Å². The van der Waals surface area contributed by atoms with Gasteiger partial charge in [0.25, 0.3) is 5.69 Å². The molecule has 110 valence electrons. The fourth-order valence-electron chi connectivity index (χ4n) is 1.50. The Hall–Kier alpha value is -1.63. The van der Waals surface area contributed by atoms with Crippen LogP contribution in [0.3, 0.4) is 0 Å². The second kappa shape index (κ2) is 6.69. The predicted molar refractivity (Wildman–Crippen MR) is 79.7 cm³/mol. The van der Waals surface area contributed by atoms with Crippen LogP contribution in [0.5, 0.6) is 0 Å². The Kier molecular flexibility index (Phi) is 5.50. The van der Waals surface area contributed by atoms with Crippen LogP contribution in [0.1, 0.15) is 27.2 Å². The predicted octanol–water partition coefficient (Wildman–Crippen LogP) is 3.50. The lowest BCUT2D eigenvalue weighted by Gasteiger charge is -2.19. The third-order valence-corrected chi connectivity index (χ3v) is 2.71. The van der Waals surface area contributed by atoms with Crippen molar-refractivity contribution in [2.45, 2.75) is 32.8 Å². The van der Waals surface area contributed by atoms with Crippen LogP contribution in [0, 0.1) is 10.1 Å². The van der Waals surface area contributed by atoms with Crippen LogP contribution >= 0.6 is 15.9 Å². The molecule has 0 aliphatic carbocycles. The molecule has 0 atom stereocenters. The molecule has 1 rings (SSSR count). The monoisotopic (exact) mass is 344 g/mol. The molecule has 0 heterocycles. The van der Waals surface area contributed by atoms with Gasteiger partial charge in [-0.1, -0.05) is 15.9 Å². The first-order valence-electron chi connectivity index (χ1n) is 6.09. The summed E-state index contributed by atoms with van der Waals surface area (Å²) >= 11 is 3.25. The van der Waals surface area contributed by atoms with E-state index in [-0.39, 0.29) is 24.6 Å². The zero-order valence-electron chi connectivity index (χ0n) is 11.6. The molecule has 0 radical (unpaired) electrons. The lowest BCUT2D eigenvalue weighted by Crippen LogP contribution is -2.25. The van der Waals surface area contributed by atoms with E-state index in [1.807, 2.05) is 0 Å². The first kappa shape index (κ1) is 16.4. The lowest BCUT2D eigenvalue weighted by molar-refractivity contribution is -0.384. The van der Waals surface area contributed by atoms with Crippen molar-refractivity contribution < 1.29 is 14.5 Å². The van der Waals surface area contributed by atoms with Gasteiger partial charge in [-0.05, 0) is 32.9 Å². The highest BCUT2D eigenvalue weighted by atomic mass is 79.9. The molecule has 0 saturated carbocycles. The van der Waals surface area contributed by atoms with Gasteiger partial charge in [0.2, 0.25) is 0 Å². The van der Waals surface area contributed by atoms with Crippen LogP contribution in [0.2, 0.25) is 0 Å². The molecular weight excluding hydrogens is 328 g/mol. The average molecular weight is 345 g/mol. The number of hydrogen-bond donors (Lipinski definition) is 1. The summed E-state index contributed by atoms with van der Waals surface area (Å²) in [4.78, 5) is 21.9. The van der Waals surface area contributed by atoms with Crippen molar-refractivity contribution in [1.82, 2.24) is 0 Å². The summed E-state index contributed by atoms with van der Waals surface area (Å²) in [6.07, 6.45) is 0.140. The van der Waals surface area contributed by atoms with Crippen LogP contribution in [0.4, 0.5) is 11.4 Å². The first-order chi connectivity index (χ1) is 9.19. The molecule has 0 fully saturated rings. The number of anilines is 1. The fourth-order valence-corrected chi connectivity index (χ4v) is 1.86. The second-order valence-electron chi connectivity index (χ2n) is 5.18. The fraction of sp³-hybridized carbons (Fsp3) is 0.462. The number of esters is 1. The maximum Gasteiger partial charge on any atom is 0.308 e. The van der Waals surface area contributed by atoms with Gasteiger partial charge in [0.1, 0.15) is 11.3 Å². The number of hydrogen-bond acceptors (Lipinski definition) is 5. The van der Waals surface area contributed by atoms with Gasteiger partial charge in [-0.15, -0.1) is 0 Å². The SMILES string of the molecule is CC(C)(C)OC(=O)CCNc1cc(Br)ccc1[N+](=O)[O-]. The minimum atomic E-state index is -0.529. The molecule has 0 aromatic heterocycles. The number of benzene rings is 1. The Morgan fingerprint density at radius 3 is 2.65 bits per heavy atom. The van der Waals surface area contributed by atoms with Crippen LogP contribution in [-0.2, 0) is 9.53 Å². The third kappa shape index (κ3) is 5.56. The molecule has 0 saturated heterocycles. The Bertz CT molecular complexity index is 512. The van der Waals surface area contributed by atoms with Gasteiger partial charge in [-0.25, -0.2) is 0 Å². The minimum Gasteiger partial charge on any atom is -0.460 e. The van der Waals surface area contributed by atoms with Gasteiger partial charge in [0.05, 0.1) is 11.3 Å². The summed E-state index contributed by atoms with van der Waals surface area (Å²) in [6, 6.07) is 4.60. The van der Waals surface area contributed by atoms with E-state index in [1.165, 1.54) is 6.07 Å². The molecule has 1 aromatic rings. The number of nitro groups is 1. The Morgan fingerprint density at radius 2 is 2.10 bits per heavy atom. The number of nitro benzene ring substituents is 1. The number of carbonyl (C=O) groups excluding carboxylic acids is 1. The van der Waals surface area contributed by atoms with Crippen molar-refractivity contribution in [2.24, 2.45) is 0 Å². The van der Waals surface area contributed by atoms with E-state index in [1.54, 1.807) is 32.9 Å². The molecule has 1 aromatic carbocycles. The summed E-state index contributed by atoms with van der Waals surface area (Å²) in [6.45, 7) is 5.64. The van der Waals surface area contributed by atoms with E-state index in [4.69, 9.17) is 4.74 Å². The maximum absolute atomic E-state index is 11.5. The number of halogens is 1. The van der Waals surface area contributed by atoms with E-state index >= 15 is 0 Å². The molecule has 0 spiro atoms. The average Bonchev–Trinajstić information content (AvgIpc) is 2.26. The Balaban J connectivity index is 2.60. The summed E-state index contributed by atoms with van der Waals surface area (Å²) in [5, 5.41) is 13.8. The van der Waals surface area contributed by atoms with E-state index < -0.39 is 10.5 Å². The highest BCUT2D eigenvalue weighted by Crippen LogP contribution is 2.27. The summed E-state index contributed by atoms with van der Waals surface area (Å²) < 4.78 is 5.88. The summed E-state index contributed by atoms with van der Waals surface area (Å²) in [5.74, 6) is -0.345. The Labute approximate surface area is 125 Å². The van der Waals surface area contributed by atoms with Crippen molar-refractivity contribution in [1.29, 1.82) is 0 Å². The summed E-state index contributed by atoms with van der Waals surface area (Å²) in [7, 11) is 0. The van der Waals surface area contributed by atoms with Crippen LogP contribution in [-0.4, -0.2) is 23.0 Å². The summed E-state index contributed by atoms with van der Waals surface area (Å²) in [5.41, 5.74) is -0.191. The molecule has 7 heteroatoms. The Morgan fingerprint density at radius 1 is 1.45 bits per heavy atom. The van der Waals surface area contributed by atoms with Crippen molar-refractivity contribution in [3.63, 3.8) is 0 Å². The van der Waals surface area contributed by atoms with E-state index in [2.05, 4.69) is 21.2 Å².